The number of hydrogen-bond acceptors (Lipinski definition) is 3. The van der Waals surface area contributed by atoms with E-state index in [1.54, 1.807) is 6.20 Å². The lowest BCUT2D eigenvalue weighted by atomic mass is 10.1. The molecule has 0 saturated carbocycles. The van der Waals surface area contributed by atoms with Crippen molar-refractivity contribution in [2.75, 3.05) is 24.2 Å². The Morgan fingerprint density at radius 2 is 1.95 bits per heavy atom. The van der Waals surface area contributed by atoms with Crippen LogP contribution in [0.5, 0.6) is 0 Å². The van der Waals surface area contributed by atoms with Crippen LogP contribution in [-0.4, -0.2) is 18.6 Å². The van der Waals surface area contributed by atoms with Crippen molar-refractivity contribution in [3.05, 3.63) is 53.7 Å². The number of hydrogen-bond donors (Lipinski definition) is 1. The van der Waals surface area contributed by atoms with Gasteiger partial charge in [-0.2, -0.15) is 0 Å². The number of rotatable bonds is 5. The molecule has 2 N–H and O–H groups in total. The monoisotopic (exact) mass is 255 g/mol. The van der Waals surface area contributed by atoms with Gasteiger partial charge in [0.15, 0.2) is 0 Å². The minimum Gasteiger partial charge on any atom is -0.397 e. The Bertz CT molecular complexity index is 523. The molecule has 0 amide bonds. The zero-order valence-electron chi connectivity index (χ0n) is 11.6. The molecule has 3 nitrogen and oxygen atoms in total. The van der Waals surface area contributed by atoms with Crippen LogP contribution in [0.15, 0.2) is 42.6 Å². The van der Waals surface area contributed by atoms with E-state index in [0.717, 1.165) is 36.5 Å². The minimum absolute atomic E-state index is 0.721. The van der Waals surface area contributed by atoms with E-state index in [4.69, 9.17) is 5.73 Å². The van der Waals surface area contributed by atoms with E-state index in [1.807, 2.05) is 13.0 Å². The minimum atomic E-state index is 0.721. The summed E-state index contributed by atoms with van der Waals surface area (Å²) in [6.07, 6.45) is 3.93. The first-order valence-corrected chi connectivity index (χ1v) is 6.64. The van der Waals surface area contributed by atoms with Crippen molar-refractivity contribution in [1.29, 1.82) is 0 Å². The molecule has 0 aliphatic heterocycles. The highest BCUT2D eigenvalue weighted by Gasteiger charge is 2.06. The van der Waals surface area contributed by atoms with Gasteiger partial charge >= 0.3 is 0 Å². The molecule has 0 atom stereocenters. The summed E-state index contributed by atoms with van der Waals surface area (Å²) in [5.74, 6) is 1.02. The van der Waals surface area contributed by atoms with Crippen molar-refractivity contribution >= 4 is 11.5 Å². The lowest BCUT2D eigenvalue weighted by Gasteiger charge is -2.20. The van der Waals surface area contributed by atoms with Crippen LogP contribution >= 0.6 is 0 Å². The van der Waals surface area contributed by atoms with Crippen LogP contribution in [0, 0.1) is 6.92 Å². The van der Waals surface area contributed by atoms with Gasteiger partial charge in [-0.3, -0.25) is 0 Å². The Hall–Kier alpha value is -2.03. The second-order valence-corrected chi connectivity index (χ2v) is 4.92. The van der Waals surface area contributed by atoms with Gasteiger partial charge in [0.05, 0.1) is 11.9 Å². The van der Waals surface area contributed by atoms with E-state index in [1.165, 1.54) is 5.56 Å². The molecule has 3 heteroatoms. The second kappa shape index (κ2) is 6.23. The normalized spacial score (nSPS) is 10.4. The fourth-order valence-electron chi connectivity index (χ4n) is 2.26. The van der Waals surface area contributed by atoms with Gasteiger partial charge in [-0.05, 0) is 37.0 Å². The third-order valence-corrected chi connectivity index (χ3v) is 3.24. The average Bonchev–Trinajstić information content (AvgIpc) is 2.39. The largest absolute Gasteiger partial charge is 0.397 e. The van der Waals surface area contributed by atoms with Crippen LogP contribution in [0.3, 0.4) is 0 Å². The number of aryl methyl sites for hydroxylation is 2. The van der Waals surface area contributed by atoms with Crippen LogP contribution < -0.4 is 10.6 Å². The fraction of sp³-hybridized carbons (Fsp3) is 0.312. The van der Waals surface area contributed by atoms with E-state index >= 15 is 0 Å². The van der Waals surface area contributed by atoms with Gasteiger partial charge in [0.1, 0.15) is 5.82 Å². The molecular weight excluding hydrogens is 234 g/mol. The zero-order valence-corrected chi connectivity index (χ0v) is 11.6. The molecule has 0 aliphatic rings. The van der Waals surface area contributed by atoms with Crippen LogP contribution in [0.1, 0.15) is 17.5 Å². The van der Waals surface area contributed by atoms with Gasteiger partial charge in [0, 0.05) is 13.6 Å². The van der Waals surface area contributed by atoms with E-state index in [9.17, 15) is 0 Å². The summed E-state index contributed by atoms with van der Waals surface area (Å²) in [6, 6.07) is 12.5. The Labute approximate surface area is 115 Å². The maximum absolute atomic E-state index is 5.72. The first-order chi connectivity index (χ1) is 9.16. The number of nitrogen functional groups attached to an aromatic ring is 1. The third-order valence-electron chi connectivity index (χ3n) is 3.24. The summed E-state index contributed by atoms with van der Waals surface area (Å²) in [4.78, 5) is 6.60. The standard InChI is InChI=1S/C16H21N3/c1-13-11-15(17)12-18-16(13)19(2)10-6-9-14-7-4-3-5-8-14/h3-5,7-8,11-12H,6,9-10,17H2,1-2H3. The van der Waals surface area contributed by atoms with Gasteiger partial charge in [-0.25, -0.2) is 4.98 Å². The zero-order chi connectivity index (χ0) is 13.7. The van der Waals surface area contributed by atoms with Crippen LogP contribution in [0.4, 0.5) is 11.5 Å². The summed E-state index contributed by atoms with van der Waals surface area (Å²) in [6.45, 7) is 3.04. The van der Waals surface area contributed by atoms with Crippen LogP contribution in [-0.2, 0) is 6.42 Å². The molecule has 0 radical (unpaired) electrons. The summed E-state index contributed by atoms with van der Waals surface area (Å²) in [7, 11) is 2.08. The van der Waals surface area contributed by atoms with E-state index in [0.29, 0.717) is 0 Å². The lowest BCUT2D eigenvalue weighted by Crippen LogP contribution is -2.21. The predicted molar refractivity (Wildman–Crippen MR) is 81.4 cm³/mol. The molecule has 0 aliphatic carbocycles. The molecule has 1 aromatic carbocycles. The number of aromatic nitrogens is 1. The van der Waals surface area contributed by atoms with Crippen molar-refractivity contribution < 1.29 is 0 Å². The molecule has 19 heavy (non-hydrogen) atoms. The number of pyridine rings is 1. The van der Waals surface area contributed by atoms with Crippen molar-refractivity contribution in [3.63, 3.8) is 0 Å². The van der Waals surface area contributed by atoms with E-state index in [-0.39, 0.29) is 0 Å². The number of benzene rings is 1. The molecule has 2 rings (SSSR count). The Morgan fingerprint density at radius 1 is 1.21 bits per heavy atom. The van der Waals surface area contributed by atoms with Crippen molar-refractivity contribution in [2.45, 2.75) is 19.8 Å². The van der Waals surface area contributed by atoms with Crippen molar-refractivity contribution in [2.24, 2.45) is 0 Å². The number of nitrogens with zero attached hydrogens (tertiary/aromatic N) is 2. The third kappa shape index (κ3) is 3.71. The first kappa shape index (κ1) is 13.4. The highest BCUT2D eigenvalue weighted by atomic mass is 15.2. The molecule has 2 aromatic rings. The fourth-order valence-corrected chi connectivity index (χ4v) is 2.26. The number of anilines is 2. The highest BCUT2D eigenvalue weighted by Crippen LogP contribution is 2.18. The van der Waals surface area contributed by atoms with Gasteiger partial charge in [-0.1, -0.05) is 30.3 Å². The maximum atomic E-state index is 5.72. The SMILES string of the molecule is Cc1cc(N)cnc1N(C)CCCc1ccccc1. The van der Waals surface area contributed by atoms with Crippen LogP contribution in [0.25, 0.3) is 0 Å². The molecule has 1 aromatic heterocycles. The quantitative estimate of drug-likeness (QED) is 0.893. The summed E-state index contributed by atoms with van der Waals surface area (Å²) >= 11 is 0. The van der Waals surface area contributed by atoms with Crippen molar-refractivity contribution in [1.82, 2.24) is 4.98 Å². The molecule has 0 bridgehead atoms. The molecule has 0 saturated heterocycles. The molecule has 0 fully saturated rings. The highest BCUT2D eigenvalue weighted by molar-refractivity contribution is 5.52. The first-order valence-electron chi connectivity index (χ1n) is 6.64. The van der Waals surface area contributed by atoms with Gasteiger partial charge in [0.2, 0.25) is 0 Å². The summed E-state index contributed by atoms with van der Waals surface area (Å²) < 4.78 is 0. The van der Waals surface area contributed by atoms with Crippen LogP contribution in [0.2, 0.25) is 0 Å². The maximum Gasteiger partial charge on any atom is 0.131 e. The second-order valence-electron chi connectivity index (χ2n) is 4.92. The molecule has 0 spiro atoms. The Morgan fingerprint density at radius 3 is 2.63 bits per heavy atom. The Kier molecular flexibility index (Phi) is 4.39. The molecule has 0 unspecified atom stereocenters. The molecule has 100 valence electrons. The summed E-state index contributed by atoms with van der Waals surface area (Å²) in [5.41, 5.74) is 8.96. The van der Waals surface area contributed by atoms with Gasteiger partial charge in [0.25, 0.3) is 0 Å². The summed E-state index contributed by atoms with van der Waals surface area (Å²) in [5, 5.41) is 0. The lowest BCUT2D eigenvalue weighted by molar-refractivity contribution is 0.775. The Balaban J connectivity index is 1.89. The molecular formula is C16H21N3. The smallest absolute Gasteiger partial charge is 0.131 e. The number of nitrogens with two attached hydrogens (primary N) is 1. The average molecular weight is 255 g/mol. The molecule has 1 heterocycles. The van der Waals surface area contributed by atoms with Gasteiger partial charge < -0.3 is 10.6 Å². The van der Waals surface area contributed by atoms with E-state index < -0.39 is 0 Å². The predicted octanol–water partition coefficient (Wildman–Crippen LogP) is 3.04. The van der Waals surface area contributed by atoms with Crippen molar-refractivity contribution in [3.8, 4) is 0 Å². The topological polar surface area (TPSA) is 42.1 Å². The van der Waals surface area contributed by atoms with E-state index in [2.05, 4.69) is 47.3 Å². The van der Waals surface area contributed by atoms with Gasteiger partial charge in [-0.15, -0.1) is 0 Å².